The van der Waals surface area contributed by atoms with Crippen molar-refractivity contribution >= 4 is 22.6 Å². The Kier molecular flexibility index (Phi) is 5.17. The number of nitrogens with one attached hydrogen (secondary N) is 3. The topological polar surface area (TPSA) is 119 Å². The molecule has 3 aromatic rings. The molecule has 1 aliphatic heterocycles. The fraction of sp³-hybridized carbons (Fsp3) is 0.400. The molecule has 0 spiro atoms. The van der Waals surface area contributed by atoms with Crippen LogP contribution in [0.1, 0.15) is 21.9 Å². The SMILES string of the molecule is CNC(=O)c1ccc(N2CCN(Cc3cc4c(=O)n(C)c(=O)[nH]c4[nH]3)CC2)c(C)n1. The van der Waals surface area contributed by atoms with Gasteiger partial charge in [0.2, 0.25) is 0 Å². The summed E-state index contributed by atoms with van der Waals surface area (Å²) in [5.74, 6) is -0.191. The number of fused-ring (bicyclic) bond motifs is 1. The van der Waals surface area contributed by atoms with E-state index in [4.69, 9.17) is 0 Å². The second-order valence-corrected chi connectivity index (χ2v) is 7.52. The van der Waals surface area contributed by atoms with Gasteiger partial charge in [0.1, 0.15) is 11.3 Å². The van der Waals surface area contributed by atoms with Crippen molar-refractivity contribution in [2.75, 3.05) is 38.1 Å². The Morgan fingerprint density at radius 3 is 2.57 bits per heavy atom. The second kappa shape index (κ2) is 7.79. The number of aromatic amines is 2. The highest BCUT2D eigenvalue weighted by atomic mass is 16.2. The zero-order valence-corrected chi connectivity index (χ0v) is 17.3. The minimum atomic E-state index is -0.430. The summed E-state index contributed by atoms with van der Waals surface area (Å²) >= 11 is 0. The van der Waals surface area contributed by atoms with Crippen molar-refractivity contribution in [3.8, 4) is 0 Å². The van der Waals surface area contributed by atoms with Crippen LogP contribution >= 0.6 is 0 Å². The molecule has 4 heterocycles. The number of amides is 1. The second-order valence-electron chi connectivity index (χ2n) is 7.52. The van der Waals surface area contributed by atoms with Crippen LogP contribution < -0.4 is 21.5 Å². The summed E-state index contributed by atoms with van der Waals surface area (Å²) in [6, 6.07) is 5.51. The van der Waals surface area contributed by atoms with Crippen LogP contribution in [0.15, 0.2) is 27.8 Å². The first-order valence-corrected chi connectivity index (χ1v) is 9.85. The molecule has 1 fully saturated rings. The smallest absolute Gasteiger partial charge is 0.329 e. The summed E-state index contributed by atoms with van der Waals surface area (Å²) in [6.07, 6.45) is 0. The third-order valence-electron chi connectivity index (χ3n) is 5.57. The van der Waals surface area contributed by atoms with Crippen molar-refractivity contribution < 1.29 is 4.79 Å². The number of hydrogen-bond donors (Lipinski definition) is 3. The van der Waals surface area contributed by atoms with Crippen molar-refractivity contribution in [3.63, 3.8) is 0 Å². The Bertz CT molecular complexity index is 1220. The third-order valence-corrected chi connectivity index (χ3v) is 5.57. The van der Waals surface area contributed by atoms with Crippen LogP contribution in [0, 0.1) is 6.92 Å². The summed E-state index contributed by atoms with van der Waals surface area (Å²) in [5, 5.41) is 3.08. The summed E-state index contributed by atoms with van der Waals surface area (Å²) in [7, 11) is 3.06. The van der Waals surface area contributed by atoms with Crippen molar-refractivity contribution in [3.05, 3.63) is 56.1 Å². The first kappa shape index (κ1) is 19.9. The van der Waals surface area contributed by atoms with Crippen molar-refractivity contribution in [1.29, 1.82) is 0 Å². The molecule has 0 radical (unpaired) electrons. The molecule has 0 aliphatic carbocycles. The van der Waals surface area contributed by atoms with Crippen LogP contribution in [-0.4, -0.2) is 63.6 Å². The van der Waals surface area contributed by atoms with Crippen LogP contribution in [0.4, 0.5) is 5.69 Å². The molecule has 0 unspecified atom stereocenters. The van der Waals surface area contributed by atoms with E-state index in [1.807, 2.05) is 19.1 Å². The van der Waals surface area contributed by atoms with Gasteiger partial charge in [-0.25, -0.2) is 9.78 Å². The van der Waals surface area contributed by atoms with Crippen LogP contribution in [0.5, 0.6) is 0 Å². The summed E-state index contributed by atoms with van der Waals surface area (Å²) in [5.41, 5.74) is 2.92. The van der Waals surface area contributed by atoms with E-state index in [1.54, 1.807) is 13.1 Å². The van der Waals surface area contributed by atoms with Crippen molar-refractivity contribution in [2.24, 2.45) is 7.05 Å². The average Bonchev–Trinajstić information content (AvgIpc) is 3.14. The van der Waals surface area contributed by atoms with E-state index in [9.17, 15) is 14.4 Å². The average molecular weight is 411 g/mol. The number of nitrogens with zero attached hydrogens (tertiary/aromatic N) is 4. The quantitative estimate of drug-likeness (QED) is 0.553. The number of carbonyl (C=O) groups is 1. The number of aromatic nitrogens is 4. The minimum Gasteiger partial charge on any atom is -0.368 e. The van der Waals surface area contributed by atoms with Crippen LogP contribution in [0.3, 0.4) is 0 Å². The fourth-order valence-electron chi connectivity index (χ4n) is 3.86. The van der Waals surface area contributed by atoms with E-state index in [0.29, 0.717) is 23.3 Å². The van der Waals surface area contributed by atoms with E-state index in [2.05, 4.69) is 30.1 Å². The summed E-state index contributed by atoms with van der Waals surface area (Å²) in [6.45, 7) is 5.95. The standard InChI is InChI=1S/C20H25N7O3/c1-12-16(5-4-15(22-12)18(28)21-2)27-8-6-26(7-9-27)11-13-10-14-17(23-13)24-20(30)25(3)19(14)29/h4-5,10,23H,6-9,11H2,1-3H3,(H,21,28)(H,24,30). The maximum Gasteiger partial charge on any atom is 0.329 e. The molecule has 1 saturated heterocycles. The Morgan fingerprint density at radius 1 is 1.17 bits per heavy atom. The predicted octanol–water partition coefficient (Wildman–Crippen LogP) is -0.0599. The zero-order chi connectivity index (χ0) is 21.4. The van der Waals surface area contributed by atoms with Gasteiger partial charge in [-0.15, -0.1) is 0 Å². The first-order chi connectivity index (χ1) is 14.4. The number of H-pyrrole nitrogens is 2. The van der Waals surface area contributed by atoms with Gasteiger partial charge in [-0.3, -0.25) is 24.0 Å². The number of pyridine rings is 1. The Morgan fingerprint density at radius 2 is 1.90 bits per heavy atom. The minimum absolute atomic E-state index is 0.191. The van der Waals surface area contributed by atoms with E-state index >= 15 is 0 Å². The highest BCUT2D eigenvalue weighted by Crippen LogP contribution is 2.21. The van der Waals surface area contributed by atoms with E-state index < -0.39 is 5.69 Å². The number of hydrogen-bond acceptors (Lipinski definition) is 6. The van der Waals surface area contributed by atoms with Gasteiger partial charge in [-0.2, -0.15) is 0 Å². The lowest BCUT2D eigenvalue weighted by atomic mass is 10.2. The van der Waals surface area contributed by atoms with Gasteiger partial charge in [0, 0.05) is 52.5 Å². The molecule has 0 saturated carbocycles. The lowest BCUT2D eigenvalue weighted by Gasteiger charge is -2.36. The van der Waals surface area contributed by atoms with Gasteiger partial charge in [-0.05, 0) is 25.1 Å². The lowest BCUT2D eigenvalue weighted by molar-refractivity contribution is 0.0958. The number of anilines is 1. The molecule has 3 aromatic heterocycles. The molecule has 0 atom stereocenters. The molecule has 10 heteroatoms. The molecule has 3 N–H and O–H groups in total. The van der Waals surface area contributed by atoms with Crippen LogP contribution in [0.25, 0.3) is 11.0 Å². The Hall–Kier alpha value is -3.40. The van der Waals surface area contributed by atoms with E-state index in [-0.39, 0.29) is 11.5 Å². The van der Waals surface area contributed by atoms with Crippen LogP contribution in [0.2, 0.25) is 0 Å². The molecule has 30 heavy (non-hydrogen) atoms. The molecular formula is C20H25N7O3. The van der Waals surface area contributed by atoms with Gasteiger partial charge in [0.15, 0.2) is 0 Å². The molecular weight excluding hydrogens is 386 g/mol. The molecule has 1 amide bonds. The molecule has 158 valence electrons. The lowest BCUT2D eigenvalue weighted by Crippen LogP contribution is -2.46. The highest BCUT2D eigenvalue weighted by Gasteiger charge is 2.20. The molecule has 4 rings (SSSR count). The van der Waals surface area contributed by atoms with Gasteiger partial charge in [-0.1, -0.05) is 0 Å². The predicted molar refractivity (Wildman–Crippen MR) is 114 cm³/mol. The van der Waals surface area contributed by atoms with Gasteiger partial charge >= 0.3 is 5.69 Å². The van der Waals surface area contributed by atoms with Crippen LogP contribution in [-0.2, 0) is 13.6 Å². The number of piperazine rings is 1. The Balaban J connectivity index is 1.43. The molecule has 0 bridgehead atoms. The van der Waals surface area contributed by atoms with Crippen molar-refractivity contribution in [2.45, 2.75) is 13.5 Å². The third kappa shape index (κ3) is 3.61. The number of rotatable bonds is 4. The summed E-state index contributed by atoms with van der Waals surface area (Å²) < 4.78 is 1.07. The van der Waals surface area contributed by atoms with E-state index in [0.717, 1.165) is 47.8 Å². The largest absolute Gasteiger partial charge is 0.368 e. The maximum absolute atomic E-state index is 12.2. The molecule has 10 nitrogen and oxygen atoms in total. The fourth-order valence-corrected chi connectivity index (χ4v) is 3.86. The van der Waals surface area contributed by atoms with E-state index in [1.165, 1.54) is 7.05 Å². The first-order valence-electron chi connectivity index (χ1n) is 9.85. The van der Waals surface area contributed by atoms with Crippen molar-refractivity contribution in [1.82, 2.24) is 29.7 Å². The maximum atomic E-state index is 12.2. The normalized spacial score (nSPS) is 15.0. The Labute approximate surface area is 172 Å². The summed E-state index contributed by atoms with van der Waals surface area (Å²) in [4.78, 5) is 50.6. The zero-order valence-electron chi connectivity index (χ0n) is 17.3. The molecule has 0 aromatic carbocycles. The van der Waals surface area contributed by atoms with Gasteiger partial charge in [0.25, 0.3) is 11.5 Å². The monoisotopic (exact) mass is 411 g/mol. The number of carbonyl (C=O) groups excluding carboxylic acids is 1. The van der Waals surface area contributed by atoms with Gasteiger partial charge < -0.3 is 15.2 Å². The number of aryl methyl sites for hydroxylation is 1. The highest BCUT2D eigenvalue weighted by molar-refractivity contribution is 5.92. The molecule has 1 aliphatic rings. The van der Waals surface area contributed by atoms with Gasteiger partial charge in [0.05, 0.1) is 16.8 Å².